The number of allylic oxidation sites excluding steroid dienone is 1. The number of benzene rings is 1. The number of hydrogen-bond donors (Lipinski definition) is 1. The van der Waals surface area contributed by atoms with Crippen molar-refractivity contribution in [2.24, 2.45) is 0 Å². The van der Waals surface area contributed by atoms with Crippen molar-refractivity contribution in [2.45, 2.75) is 25.5 Å². The average Bonchev–Trinajstić information content (AvgIpc) is 3.09. The summed E-state index contributed by atoms with van der Waals surface area (Å²) < 4.78 is 2.17. The first kappa shape index (κ1) is 13.2. The molecule has 0 bridgehead atoms. The summed E-state index contributed by atoms with van der Waals surface area (Å²) in [6.45, 7) is 2.62. The van der Waals surface area contributed by atoms with Crippen LogP contribution >= 0.6 is 0 Å². The maximum absolute atomic E-state index is 10.2. The molecule has 0 aliphatic carbocycles. The molecule has 1 aliphatic heterocycles. The van der Waals surface area contributed by atoms with Crippen LogP contribution in [0.1, 0.15) is 30.1 Å². The normalized spacial score (nSPS) is 15.9. The summed E-state index contributed by atoms with van der Waals surface area (Å²) in [6, 6.07) is 7.87. The van der Waals surface area contributed by atoms with Crippen molar-refractivity contribution in [1.29, 1.82) is 0 Å². The molecule has 1 aromatic carbocycles. The molecular formula is C17H16N4O. The van der Waals surface area contributed by atoms with Crippen molar-refractivity contribution in [2.75, 3.05) is 0 Å². The van der Waals surface area contributed by atoms with Gasteiger partial charge in [-0.25, -0.2) is 15.0 Å². The van der Waals surface area contributed by atoms with Gasteiger partial charge in [-0.05, 0) is 36.8 Å². The topological polar surface area (TPSA) is 63.8 Å². The molecule has 0 radical (unpaired) electrons. The minimum absolute atomic E-state index is 0.244. The molecule has 1 aliphatic rings. The predicted octanol–water partition coefficient (Wildman–Crippen LogP) is 2.37. The van der Waals surface area contributed by atoms with Crippen LogP contribution in [0.25, 0.3) is 17.1 Å². The van der Waals surface area contributed by atoms with E-state index in [4.69, 9.17) is 0 Å². The van der Waals surface area contributed by atoms with Gasteiger partial charge in [0.25, 0.3) is 0 Å². The third-order valence-electron chi connectivity index (χ3n) is 4.06. The lowest BCUT2D eigenvalue weighted by atomic mass is 9.93. The third kappa shape index (κ3) is 2.02. The molecule has 0 saturated carbocycles. The van der Waals surface area contributed by atoms with E-state index in [1.807, 2.05) is 18.2 Å². The zero-order valence-corrected chi connectivity index (χ0v) is 12.2. The molecule has 2 aromatic heterocycles. The molecule has 0 saturated heterocycles. The van der Waals surface area contributed by atoms with Gasteiger partial charge in [-0.15, -0.1) is 0 Å². The molecule has 3 heterocycles. The van der Waals surface area contributed by atoms with E-state index in [0.717, 1.165) is 29.0 Å². The van der Waals surface area contributed by atoms with Crippen LogP contribution in [-0.4, -0.2) is 30.7 Å². The minimum Gasteiger partial charge on any atom is -0.392 e. The Balaban J connectivity index is 1.85. The third-order valence-corrected chi connectivity index (χ3v) is 4.06. The molecule has 4 rings (SSSR count). The number of hydrogen-bond acceptors (Lipinski definition) is 4. The van der Waals surface area contributed by atoms with Gasteiger partial charge < -0.3 is 9.67 Å². The maximum atomic E-state index is 10.2. The smallest absolute Gasteiger partial charge is 0.138 e. The van der Waals surface area contributed by atoms with Gasteiger partial charge in [0.05, 0.1) is 23.1 Å². The number of aliphatic hydroxyl groups excluding tert-OH is 1. The Morgan fingerprint density at radius 1 is 1.23 bits per heavy atom. The molecule has 2 atom stereocenters. The average molecular weight is 292 g/mol. The van der Waals surface area contributed by atoms with Crippen molar-refractivity contribution in [1.82, 2.24) is 19.5 Å². The molecule has 0 amide bonds. The molecule has 2 unspecified atom stereocenters. The number of aliphatic hydroxyl groups is 1. The van der Waals surface area contributed by atoms with Crippen LogP contribution in [0.3, 0.4) is 0 Å². The van der Waals surface area contributed by atoms with Gasteiger partial charge in [-0.1, -0.05) is 12.1 Å². The Bertz CT molecular complexity index is 852. The zero-order chi connectivity index (χ0) is 15.1. The lowest BCUT2D eigenvalue weighted by Gasteiger charge is -2.19. The van der Waals surface area contributed by atoms with Crippen molar-refractivity contribution in [3.8, 4) is 0 Å². The Morgan fingerprint density at radius 3 is 2.82 bits per heavy atom. The van der Waals surface area contributed by atoms with Crippen LogP contribution in [0.4, 0.5) is 0 Å². The second-order valence-corrected chi connectivity index (χ2v) is 5.56. The number of aromatic nitrogens is 4. The van der Waals surface area contributed by atoms with Crippen molar-refractivity contribution in [3.05, 3.63) is 59.9 Å². The van der Waals surface area contributed by atoms with Crippen molar-refractivity contribution >= 4 is 17.1 Å². The Morgan fingerprint density at radius 2 is 2.05 bits per heavy atom. The van der Waals surface area contributed by atoms with E-state index >= 15 is 0 Å². The number of fused-ring (bicyclic) bond motifs is 3. The lowest BCUT2D eigenvalue weighted by molar-refractivity contribution is 0.173. The van der Waals surface area contributed by atoms with E-state index in [-0.39, 0.29) is 5.92 Å². The van der Waals surface area contributed by atoms with Gasteiger partial charge in [0.15, 0.2) is 0 Å². The quantitative estimate of drug-likeness (QED) is 0.805. The van der Waals surface area contributed by atoms with Crippen LogP contribution in [0.2, 0.25) is 0 Å². The lowest BCUT2D eigenvalue weighted by Crippen LogP contribution is -2.18. The largest absolute Gasteiger partial charge is 0.392 e. The molecule has 22 heavy (non-hydrogen) atoms. The molecule has 5 heteroatoms. The van der Waals surface area contributed by atoms with Crippen molar-refractivity contribution < 1.29 is 5.11 Å². The molecule has 3 aromatic rings. The second kappa shape index (κ2) is 5.03. The highest BCUT2D eigenvalue weighted by atomic mass is 16.3. The van der Waals surface area contributed by atoms with Gasteiger partial charge in [0.1, 0.15) is 11.6 Å². The summed E-state index contributed by atoms with van der Waals surface area (Å²) in [7, 11) is 0. The van der Waals surface area contributed by atoms with Gasteiger partial charge in [0, 0.05) is 18.9 Å². The Hall–Kier alpha value is -2.53. The predicted molar refractivity (Wildman–Crippen MR) is 84.3 cm³/mol. The molecule has 0 spiro atoms. The molecule has 0 fully saturated rings. The van der Waals surface area contributed by atoms with Gasteiger partial charge >= 0.3 is 0 Å². The highest BCUT2D eigenvalue weighted by Gasteiger charge is 2.23. The highest BCUT2D eigenvalue weighted by Crippen LogP contribution is 2.29. The van der Waals surface area contributed by atoms with E-state index in [9.17, 15) is 5.11 Å². The summed E-state index contributed by atoms with van der Waals surface area (Å²) in [5.74, 6) is 1.37. The van der Waals surface area contributed by atoms with Crippen LogP contribution in [0, 0.1) is 0 Å². The summed E-state index contributed by atoms with van der Waals surface area (Å²) in [5.41, 5.74) is 3.06. The molecule has 110 valence electrons. The maximum Gasteiger partial charge on any atom is 0.138 e. The first-order chi connectivity index (χ1) is 10.7. The second-order valence-electron chi connectivity index (χ2n) is 5.56. The van der Waals surface area contributed by atoms with E-state index in [1.54, 1.807) is 25.4 Å². The summed E-state index contributed by atoms with van der Waals surface area (Å²) >= 11 is 0. The van der Waals surface area contributed by atoms with E-state index in [2.05, 4.69) is 31.7 Å². The Labute approximate surface area is 128 Å². The summed E-state index contributed by atoms with van der Waals surface area (Å²) in [5, 5.41) is 10.2. The fourth-order valence-electron chi connectivity index (χ4n) is 3.05. The first-order valence-corrected chi connectivity index (χ1v) is 7.36. The summed E-state index contributed by atoms with van der Waals surface area (Å²) in [4.78, 5) is 13.2. The zero-order valence-electron chi connectivity index (χ0n) is 12.2. The molecule has 5 nitrogen and oxygen atoms in total. The Kier molecular flexibility index (Phi) is 3.01. The molecule has 1 N–H and O–H groups in total. The first-order valence-electron chi connectivity index (χ1n) is 7.36. The van der Waals surface area contributed by atoms with Gasteiger partial charge in [-0.2, -0.15) is 0 Å². The van der Waals surface area contributed by atoms with Gasteiger partial charge in [0.2, 0.25) is 0 Å². The summed E-state index contributed by atoms with van der Waals surface area (Å²) in [6.07, 6.45) is 6.97. The number of imidazole rings is 1. The van der Waals surface area contributed by atoms with Gasteiger partial charge in [-0.3, -0.25) is 0 Å². The van der Waals surface area contributed by atoms with Crippen LogP contribution in [0.15, 0.2) is 42.7 Å². The van der Waals surface area contributed by atoms with E-state index in [0.29, 0.717) is 5.82 Å². The SMILES string of the molecule is CC(O)C(c1ccc2nc3n(c2c1)CC=C3)c1ncccn1. The monoisotopic (exact) mass is 292 g/mol. The fourth-order valence-corrected chi connectivity index (χ4v) is 3.05. The van der Waals surface area contributed by atoms with Crippen LogP contribution in [0.5, 0.6) is 0 Å². The van der Waals surface area contributed by atoms with E-state index < -0.39 is 6.10 Å². The highest BCUT2D eigenvalue weighted by molar-refractivity contribution is 5.80. The number of rotatable bonds is 3. The molecular weight excluding hydrogens is 276 g/mol. The van der Waals surface area contributed by atoms with E-state index in [1.165, 1.54) is 0 Å². The fraction of sp³-hybridized carbons (Fsp3) is 0.235. The van der Waals surface area contributed by atoms with Crippen LogP contribution in [-0.2, 0) is 6.54 Å². The minimum atomic E-state index is -0.570. The van der Waals surface area contributed by atoms with Crippen LogP contribution < -0.4 is 0 Å². The number of nitrogens with zero attached hydrogens (tertiary/aromatic N) is 4. The standard InChI is InChI=1S/C17H16N4O/c1-11(22)16(17-18-7-3-8-19-17)12-5-6-13-14(10-12)21-9-2-4-15(21)20-13/h2-8,10-11,16,22H,9H2,1H3. The van der Waals surface area contributed by atoms with Crippen molar-refractivity contribution in [3.63, 3.8) is 0 Å².